The van der Waals surface area contributed by atoms with Crippen LogP contribution in [0.4, 0.5) is 0 Å². The van der Waals surface area contributed by atoms with Crippen LogP contribution in [0, 0.1) is 12.8 Å². The molecule has 0 unspecified atom stereocenters. The van der Waals surface area contributed by atoms with Crippen molar-refractivity contribution in [3.63, 3.8) is 0 Å². The SMILES string of the molecule is CCC(C)(C)OCc1cc(CNCC(C)C)sc1C. The Balaban J connectivity index is 2.49. The summed E-state index contributed by atoms with van der Waals surface area (Å²) in [5.41, 5.74) is 1.32. The van der Waals surface area contributed by atoms with Crippen molar-refractivity contribution in [2.45, 2.75) is 66.7 Å². The molecule has 0 aliphatic heterocycles. The van der Waals surface area contributed by atoms with Crippen LogP contribution in [0.3, 0.4) is 0 Å². The van der Waals surface area contributed by atoms with E-state index in [-0.39, 0.29) is 5.60 Å². The van der Waals surface area contributed by atoms with Crippen LogP contribution in [0.2, 0.25) is 0 Å². The Hall–Kier alpha value is -0.380. The van der Waals surface area contributed by atoms with Gasteiger partial charge in [0.1, 0.15) is 0 Å². The van der Waals surface area contributed by atoms with Crippen molar-refractivity contribution >= 4 is 11.3 Å². The van der Waals surface area contributed by atoms with Crippen LogP contribution in [0.25, 0.3) is 0 Å². The third-order valence-corrected chi connectivity index (χ3v) is 4.49. The molecule has 0 aromatic carbocycles. The number of hydrogen-bond donors (Lipinski definition) is 1. The van der Waals surface area contributed by atoms with E-state index in [2.05, 4.69) is 52.9 Å². The Labute approximate surface area is 122 Å². The highest BCUT2D eigenvalue weighted by molar-refractivity contribution is 7.12. The van der Waals surface area contributed by atoms with Crippen LogP contribution in [-0.4, -0.2) is 12.1 Å². The highest BCUT2D eigenvalue weighted by atomic mass is 32.1. The van der Waals surface area contributed by atoms with Gasteiger partial charge < -0.3 is 10.1 Å². The van der Waals surface area contributed by atoms with Crippen LogP contribution in [0.15, 0.2) is 6.07 Å². The van der Waals surface area contributed by atoms with E-state index < -0.39 is 0 Å². The fourth-order valence-corrected chi connectivity index (χ4v) is 2.69. The van der Waals surface area contributed by atoms with Gasteiger partial charge in [0.2, 0.25) is 0 Å². The summed E-state index contributed by atoms with van der Waals surface area (Å²) in [6.45, 7) is 15.9. The Morgan fingerprint density at radius 2 is 2.05 bits per heavy atom. The Morgan fingerprint density at radius 3 is 2.63 bits per heavy atom. The summed E-state index contributed by atoms with van der Waals surface area (Å²) >= 11 is 1.88. The molecular formula is C16H29NOS. The van der Waals surface area contributed by atoms with Crippen molar-refractivity contribution in [3.8, 4) is 0 Å². The van der Waals surface area contributed by atoms with E-state index in [1.807, 2.05) is 11.3 Å². The fraction of sp³-hybridized carbons (Fsp3) is 0.750. The highest BCUT2D eigenvalue weighted by Gasteiger charge is 2.16. The van der Waals surface area contributed by atoms with Crippen LogP contribution in [0.5, 0.6) is 0 Å². The van der Waals surface area contributed by atoms with Gasteiger partial charge in [-0.3, -0.25) is 0 Å². The maximum Gasteiger partial charge on any atom is 0.0734 e. The summed E-state index contributed by atoms with van der Waals surface area (Å²) in [7, 11) is 0. The maximum atomic E-state index is 5.99. The van der Waals surface area contributed by atoms with Gasteiger partial charge in [0.15, 0.2) is 0 Å². The van der Waals surface area contributed by atoms with E-state index in [0.29, 0.717) is 5.92 Å². The predicted molar refractivity (Wildman–Crippen MR) is 84.8 cm³/mol. The number of aryl methyl sites for hydroxylation is 1. The molecule has 0 amide bonds. The number of hydrogen-bond acceptors (Lipinski definition) is 3. The maximum absolute atomic E-state index is 5.99. The van der Waals surface area contributed by atoms with E-state index in [9.17, 15) is 0 Å². The molecule has 0 bridgehead atoms. The van der Waals surface area contributed by atoms with Gasteiger partial charge in [0.05, 0.1) is 12.2 Å². The summed E-state index contributed by atoms with van der Waals surface area (Å²) in [6, 6.07) is 2.29. The minimum Gasteiger partial charge on any atom is -0.371 e. The van der Waals surface area contributed by atoms with Crippen LogP contribution in [0.1, 0.15) is 56.4 Å². The molecule has 19 heavy (non-hydrogen) atoms. The molecule has 0 spiro atoms. The summed E-state index contributed by atoms with van der Waals surface area (Å²) in [4.78, 5) is 2.79. The first-order valence-corrected chi connectivity index (χ1v) is 8.08. The van der Waals surface area contributed by atoms with Gasteiger partial charge in [-0.1, -0.05) is 20.8 Å². The van der Waals surface area contributed by atoms with Crippen molar-refractivity contribution in [1.29, 1.82) is 0 Å². The van der Waals surface area contributed by atoms with Crippen molar-refractivity contribution in [2.75, 3.05) is 6.54 Å². The molecular weight excluding hydrogens is 254 g/mol. The van der Waals surface area contributed by atoms with Crippen LogP contribution >= 0.6 is 11.3 Å². The van der Waals surface area contributed by atoms with Gasteiger partial charge in [-0.15, -0.1) is 11.3 Å². The Morgan fingerprint density at radius 1 is 1.37 bits per heavy atom. The predicted octanol–water partition coefficient (Wildman–Crippen LogP) is 4.51. The largest absolute Gasteiger partial charge is 0.371 e. The van der Waals surface area contributed by atoms with Gasteiger partial charge in [0.25, 0.3) is 0 Å². The minimum absolute atomic E-state index is 0.0234. The lowest BCUT2D eigenvalue weighted by atomic mass is 10.1. The lowest BCUT2D eigenvalue weighted by molar-refractivity contribution is -0.0316. The lowest BCUT2D eigenvalue weighted by Gasteiger charge is -2.23. The molecule has 0 aliphatic rings. The summed E-state index contributed by atoms with van der Waals surface area (Å²) in [6.07, 6.45) is 1.04. The average molecular weight is 283 g/mol. The molecule has 1 heterocycles. The molecule has 0 saturated heterocycles. The molecule has 110 valence electrons. The van der Waals surface area contributed by atoms with Crippen LogP contribution < -0.4 is 5.32 Å². The Bertz CT molecular complexity index is 382. The van der Waals surface area contributed by atoms with Crippen LogP contribution in [-0.2, 0) is 17.9 Å². The molecule has 1 aromatic rings. The quantitative estimate of drug-likeness (QED) is 0.758. The van der Waals surface area contributed by atoms with E-state index in [1.54, 1.807) is 0 Å². The van der Waals surface area contributed by atoms with Gasteiger partial charge >= 0.3 is 0 Å². The monoisotopic (exact) mass is 283 g/mol. The molecule has 0 fully saturated rings. The van der Waals surface area contributed by atoms with Gasteiger partial charge in [-0.2, -0.15) is 0 Å². The molecule has 0 saturated carbocycles. The normalized spacial score (nSPS) is 12.4. The number of ether oxygens (including phenoxy) is 1. The van der Waals surface area contributed by atoms with Gasteiger partial charge in [0, 0.05) is 16.3 Å². The molecule has 2 nitrogen and oxygen atoms in total. The molecule has 1 aromatic heterocycles. The topological polar surface area (TPSA) is 21.3 Å². The molecule has 0 atom stereocenters. The highest BCUT2D eigenvalue weighted by Crippen LogP contribution is 2.24. The van der Waals surface area contributed by atoms with Crippen molar-refractivity contribution in [2.24, 2.45) is 5.92 Å². The van der Waals surface area contributed by atoms with E-state index in [1.165, 1.54) is 15.3 Å². The summed E-state index contributed by atoms with van der Waals surface area (Å²) in [5.74, 6) is 0.703. The average Bonchev–Trinajstić information content (AvgIpc) is 2.67. The first kappa shape index (κ1) is 16.7. The van der Waals surface area contributed by atoms with Crippen molar-refractivity contribution < 1.29 is 4.74 Å². The van der Waals surface area contributed by atoms with Gasteiger partial charge in [-0.25, -0.2) is 0 Å². The molecule has 0 radical (unpaired) electrons. The first-order chi connectivity index (χ1) is 8.84. The zero-order valence-electron chi connectivity index (χ0n) is 13.3. The fourth-order valence-electron chi connectivity index (χ4n) is 1.68. The van der Waals surface area contributed by atoms with E-state index in [4.69, 9.17) is 4.74 Å². The van der Waals surface area contributed by atoms with Crippen molar-refractivity contribution in [3.05, 3.63) is 21.4 Å². The molecule has 1 N–H and O–H groups in total. The minimum atomic E-state index is -0.0234. The Kier molecular flexibility index (Phi) is 6.51. The first-order valence-electron chi connectivity index (χ1n) is 7.27. The molecule has 1 rings (SSSR count). The third-order valence-electron chi connectivity index (χ3n) is 3.39. The lowest BCUT2D eigenvalue weighted by Crippen LogP contribution is -2.22. The second kappa shape index (κ2) is 7.41. The number of nitrogens with one attached hydrogen (secondary N) is 1. The number of thiophene rings is 1. The third kappa shape index (κ3) is 6.07. The van der Waals surface area contributed by atoms with E-state index >= 15 is 0 Å². The van der Waals surface area contributed by atoms with Crippen molar-refractivity contribution in [1.82, 2.24) is 5.32 Å². The standard InChI is InChI=1S/C16H29NOS/c1-7-16(5,6)18-11-14-8-15(19-13(14)4)10-17-9-12(2)3/h8,12,17H,7,9-11H2,1-6H3. The van der Waals surface area contributed by atoms with Gasteiger partial charge in [-0.05, 0) is 51.3 Å². The molecule has 0 aliphatic carbocycles. The smallest absolute Gasteiger partial charge is 0.0734 e. The second-order valence-electron chi connectivity index (χ2n) is 6.22. The zero-order valence-corrected chi connectivity index (χ0v) is 14.1. The van der Waals surface area contributed by atoms with E-state index in [0.717, 1.165) is 26.1 Å². The molecule has 3 heteroatoms. The number of rotatable bonds is 8. The zero-order chi connectivity index (χ0) is 14.5. The second-order valence-corrected chi connectivity index (χ2v) is 7.56. The summed E-state index contributed by atoms with van der Waals surface area (Å²) < 4.78 is 5.99. The summed E-state index contributed by atoms with van der Waals surface area (Å²) in [5, 5.41) is 3.49.